The number of pyridine rings is 1. The quantitative estimate of drug-likeness (QED) is 0.497. The van der Waals surface area contributed by atoms with Crippen LogP contribution in [0.5, 0.6) is 0 Å². The predicted molar refractivity (Wildman–Crippen MR) is 104 cm³/mol. The van der Waals surface area contributed by atoms with Gasteiger partial charge < -0.3 is 9.30 Å². The maximum Gasteiger partial charge on any atom is 0.270 e. The van der Waals surface area contributed by atoms with Crippen LogP contribution < -0.4 is 0 Å². The van der Waals surface area contributed by atoms with Gasteiger partial charge in [-0.15, -0.1) is 0 Å². The van der Waals surface area contributed by atoms with E-state index in [1.54, 1.807) is 4.90 Å². The number of aromatic nitrogens is 2. The third kappa shape index (κ3) is 3.56. The number of carbonyl (C=O) groups is 1. The molecule has 0 N–H and O–H groups in total. The van der Waals surface area contributed by atoms with Crippen LogP contribution in [0.1, 0.15) is 16.1 Å². The first-order chi connectivity index (χ1) is 13.5. The topological polar surface area (TPSA) is 84.0 Å². The lowest BCUT2D eigenvalue weighted by atomic mass is 10.1. The molecule has 9 heteroatoms. The molecular weight excluding hydrogens is 382 g/mol. The largest absolute Gasteiger partial charge is 0.336 e. The van der Waals surface area contributed by atoms with Crippen LogP contribution in [0.3, 0.4) is 0 Å². The average molecular weight is 400 g/mol. The molecule has 0 radical (unpaired) electrons. The minimum Gasteiger partial charge on any atom is -0.336 e. The van der Waals surface area contributed by atoms with Crippen LogP contribution in [0.15, 0.2) is 48.8 Å². The zero-order valence-corrected chi connectivity index (χ0v) is 15.7. The van der Waals surface area contributed by atoms with Crippen molar-refractivity contribution in [1.29, 1.82) is 0 Å². The Hall–Kier alpha value is -2.97. The Balaban J connectivity index is 1.42. The number of rotatable bonds is 4. The normalized spacial score (nSPS) is 15.1. The second-order valence-corrected chi connectivity index (χ2v) is 7.08. The fourth-order valence-electron chi connectivity index (χ4n) is 3.40. The maximum atomic E-state index is 12.8. The van der Waals surface area contributed by atoms with Crippen molar-refractivity contribution in [2.75, 3.05) is 26.2 Å². The number of piperazine rings is 1. The smallest absolute Gasteiger partial charge is 0.270 e. The zero-order chi connectivity index (χ0) is 19.7. The summed E-state index contributed by atoms with van der Waals surface area (Å²) in [5, 5.41) is 11.2. The average Bonchev–Trinajstić information content (AvgIpc) is 3.11. The summed E-state index contributed by atoms with van der Waals surface area (Å²) < 4.78 is 2.06. The molecule has 3 aromatic rings. The summed E-state index contributed by atoms with van der Waals surface area (Å²) in [4.78, 5) is 31.6. The van der Waals surface area contributed by atoms with Gasteiger partial charge in [0.2, 0.25) is 0 Å². The summed E-state index contributed by atoms with van der Waals surface area (Å²) in [6.07, 6.45) is 3.86. The SMILES string of the molecule is O=C(c1cc([N+](=O)[O-])ccc1Cl)N1CCN(Cc2cnc3ccccn23)CC1. The van der Waals surface area contributed by atoms with E-state index in [0.717, 1.165) is 17.9 Å². The van der Waals surface area contributed by atoms with Crippen molar-refractivity contribution in [2.45, 2.75) is 6.54 Å². The van der Waals surface area contributed by atoms with Crippen molar-refractivity contribution >= 4 is 28.8 Å². The van der Waals surface area contributed by atoms with E-state index in [1.807, 2.05) is 30.6 Å². The lowest BCUT2D eigenvalue weighted by Gasteiger charge is -2.34. The van der Waals surface area contributed by atoms with E-state index in [9.17, 15) is 14.9 Å². The van der Waals surface area contributed by atoms with E-state index >= 15 is 0 Å². The molecule has 8 nitrogen and oxygen atoms in total. The Kier molecular flexibility index (Phi) is 4.97. The van der Waals surface area contributed by atoms with Crippen molar-refractivity contribution in [3.05, 3.63) is 75.2 Å². The van der Waals surface area contributed by atoms with Gasteiger partial charge in [-0.2, -0.15) is 0 Å². The van der Waals surface area contributed by atoms with Crippen molar-refractivity contribution < 1.29 is 9.72 Å². The number of imidazole rings is 1. The molecule has 4 rings (SSSR count). The lowest BCUT2D eigenvalue weighted by molar-refractivity contribution is -0.384. The minimum absolute atomic E-state index is 0.140. The molecule has 0 unspecified atom stereocenters. The first kappa shape index (κ1) is 18.4. The Labute approximate surface area is 166 Å². The first-order valence-corrected chi connectivity index (χ1v) is 9.27. The molecule has 1 fully saturated rings. The van der Waals surface area contributed by atoms with Crippen LogP contribution in [-0.2, 0) is 6.54 Å². The molecule has 1 saturated heterocycles. The van der Waals surface area contributed by atoms with Gasteiger partial charge in [-0.3, -0.25) is 19.8 Å². The summed E-state index contributed by atoms with van der Waals surface area (Å²) in [6, 6.07) is 9.83. The Bertz CT molecular complexity index is 1040. The first-order valence-electron chi connectivity index (χ1n) is 8.89. The molecule has 2 aromatic heterocycles. The summed E-state index contributed by atoms with van der Waals surface area (Å²) in [5.74, 6) is -0.275. The number of nitrogens with zero attached hydrogens (tertiary/aromatic N) is 5. The van der Waals surface area contributed by atoms with E-state index in [1.165, 1.54) is 18.2 Å². The number of hydrogen-bond acceptors (Lipinski definition) is 5. The van der Waals surface area contributed by atoms with E-state index in [4.69, 9.17) is 11.6 Å². The summed E-state index contributed by atoms with van der Waals surface area (Å²) in [5.41, 5.74) is 2.04. The number of nitro benzene ring substituents is 1. The van der Waals surface area contributed by atoms with Crippen LogP contribution in [0.4, 0.5) is 5.69 Å². The highest BCUT2D eigenvalue weighted by atomic mass is 35.5. The van der Waals surface area contributed by atoms with Gasteiger partial charge in [-0.05, 0) is 18.2 Å². The van der Waals surface area contributed by atoms with Crippen LogP contribution in [0.25, 0.3) is 5.65 Å². The van der Waals surface area contributed by atoms with Gasteiger partial charge in [0.15, 0.2) is 0 Å². The maximum absolute atomic E-state index is 12.8. The van der Waals surface area contributed by atoms with Gasteiger partial charge in [0.05, 0.1) is 27.4 Å². The lowest BCUT2D eigenvalue weighted by Crippen LogP contribution is -2.48. The van der Waals surface area contributed by atoms with Gasteiger partial charge in [0.1, 0.15) is 5.65 Å². The Morgan fingerprint density at radius 3 is 2.71 bits per heavy atom. The highest BCUT2D eigenvalue weighted by molar-refractivity contribution is 6.33. The molecule has 1 aromatic carbocycles. The van der Waals surface area contributed by atoms with Gasteiger partial charge in [-0.25, -0.2) is 4.98 Å². The standard InChI is InChI=1S/C19H18ClN5O3/c20-17-5-4-14(25(27)28)11-16(17)19(26)23-9-7-22(8-10-23)13-15-12-21-18-3-1-2-6-24(15)18/h1-6,11-12H,7-10,13H2. The number of benzene rings is 1. The highest BCUT2D eigenvalue weighted by Gasteiger charge is 2.25. The molecule has 28 heavy (non-hydrogen) atoms. The molecule has 1 amide bonds. The Morgan fingerprint density at radius 2 is 1.96 bits per heavy atom. The van der Waals surface area contributed by atoms with Crippen LogP contribution in [0, 0.1) is 10.1 Å². The minimum atomic E-state index is -0.527. The summed E-state index contributed by atoms with van der Waals surface area (Å²) >= 11 is 6.10. The van der Waals surface area contributed by atoms with E-state index in [0.29, 0.717) is 26.2 Å². The molecule has 0 bridgehead atoms. The molecule has 0 aliphatic carbocycles. The van der Waals surface area contributed by atoms with Crippen molar-refractivity contribution in [1.82, 2.24) is 19.2 Å². The second-order valence-electron chi connectivity index (χ2n) is 6.67. The molecule has 1 aliphatic rings. The van der Waals surface area contributed by atoms with Gasteiger partial charge in [0, 0.05) is 51.1 Å². The fourth-order valence-corrected chi connectivity index (χ4v) is 3.60. The summed E-state index contributed by atoms with van der Waals surface area (Å²) in [7, 11) is 0. The molecule has 1 aliphatic heterocycles. The zero-order valence-electron chi connectivity index (χ0n) is 15.0. The highest BCUT2D eigenvalue weighted by Crippen LogP contribution is 2.24. The third-order valence-electron chi connectivity index (χ3n) is 4.93. The number of nitro groups is 1. The van der Waals surface area contributed by atoms with Gasteiger partial charge >= 0.3 is 0 Å². The Morgan fingerprint density at radius 1 is 1.18 bits per heavy atom. The van der Waals surface area contributed by atoms with Crippen LogP contribution in [-0.4, -0.2) is 56.2 Å². The molecule has 144 valence electrons. The monoisotopic (exact) mass is 399 g/mol. The van der Waals surface area contributed by atoms with Crippen molar-refractivity contribution in [3.63, 3.8) is 0 Å². The van der Waals surface area contributed by atoms with Gasteiger partial charge in [0.25, 0.3) is 11.6 Å². The molecule has 0 spiro atoms. The molecule has 0 saturated carbocycles. The molecule has 0 atom stereocenters. The van der Waals surface area contributed by atoms with Crippen molar-refractivity contribution in [3.8, 4) is 0 Å². The fraction of sp³-hybridized carbons (Fsp3) is 0.263. The second kappa shape index (κ2) is 7.57. The van der Waals surface area contributed by atoms with E-state index in [-0.39, 0.29) is 22.2 Å². The van der Waals surface area contributed by atoms with E-state index in [2.05, 4.69) is 14.3 Å². The molecule has 3 heterocycles. The molecular formula is C19H18ClN5O3. The summed E-state index contributed by atoms with van der Waals surface area (Å²) in [6.45, 7) is 3.23. The third-order valence-corrected chi connectivity index (χ3v) is 5.26. The van der Waals surface area contributed by atoms with Crippen LogP contribution >= 0.6 is 11.6 Å². The van der Waals surface area contributed by atoms with Crippen LogP contribution in [0.2, 0.25) is 5.02 Å². The number of carbonyl (C=O) groups excluding carboxylic acids is 1. The number of amides is 1. The number of hydrogen-bond donors (Lipinski definition) is 0. The number of halogens is 1. The number of non-ortho nitro benzene ring substituents is 1. The van der Waals surface area contributed by atoms with Crippen molar-refractivity contribution in [2.24, 2.45) is 0 Å². The number of fused-ring (bicyclic) bond motifs is 1. The predicted octanol–water partition coefficient (Wildman–Crippen LogP) is 2.85. The van der Waals surface area contributed by atoms with Gasteiger partial charge in [-0.1, -0.05) is 17.7 Å². The van der Waals surface area contributed by atoms with E-state index < -0.39 is 4.92 Å².